The fraction of sp³-hybridized carbons (Fsp3) is 0.333. The first-order valence-electron chi connectivity index (χ1n) is 7.82. The van der Waals surface area contributed by atoms with E-state index in [1.165, 1.54) is 30.0 Å². The van der Waals surface area contributed by atoms with Crippen molar-refractivity contribution >= 4 is 17.7 Å². The van der Waals surface area contributed by atoms with Crippen molar-refractivity contribution in [2.45, 2.75) is 11.8 Å². The second-order valence-electron chi connectivity index (χ2n) is 5.77. The largest absolute Gasteiger partial charge is 0.353 e. The number of carbonyl (C=O) groups is 1. The van der Waals surface area contributed by atoms with E-state index in [1.54, 1.807) is 31.4 Å². The predicted molar refractivity (Wildman–Crippen MR) is 96.2 cm³/mol. The summed E-state index contributed by atoms with van der Waals surface area (Å²) in [5.41, 5.74) is 1.01. The van der Waals surface area contributed by atoms with Gasteiger partial charge in [0.15, 0.2) is 0 Å². The van der Waals surface area contributed by atoms with E-state index in [0.29, 0.717) is 5.75 Å². The van der Waals surface area contributed by atoms with Crippen molar-refractivity contribution in [1.29, 1.82) is 0 Å². The minimum absolute atomic E-state index is 0.0317. The normalized spacial score (nSPS) is 12.2. The predicted octanol–water partition coefficient (Wildman–Crippen LogP) is 3.01. The molecule has 0 aliphatic carbocycles. The molecule has 1 amide bonds. The van der Waals surface area contributed by atoms with Gasteiger partial charge in [0.1, 0.15) is 11.6 Å². The molecule has 2 rings (SSSR count). The van der Waals surface area contributed by atoms with Crippen LogP contribution < -0.4 is 5.32 Å². The lowest BCUT2D eigenvalue weighted by atomic mass is 10.0. The third-order valence-electron chi connectivity index (χ3n) is 3.67. The van der Waals surface area contributed by atoms with Gasteiger partial charge in [-0.1, -0.05) is 12.1 Å². The topological polar surface area (TPSA) is 45.2 Å². The zero-order valence-electron chi connectivity index (χ0n) is 14.2. The fourth-order valence-corrected chi connectivity index (χ4v) is 3.17. The molecule has 0 aliphatic rings. The molecule has 0 bridgehead atoms. The van der Waals surface area contributed by atoms with E-state index in [4.69, 9.17) is 0 Å². The molecule has 0 saturated carbocycles. The maximum absolute atomic E-state index is 14.0. The summed E-state index contributed by atoms with van der Waals surface area (Å²) < 4.78 is 28.0. The van der Waals surface area contributed by atoms with Crippen molar-refractivity contribution in [3.8, 4) is 0 Å². The number of thioether (sulfide) groups is 1. The highest BCUT2D eigenvalue weighted by molar-refractivity contribution is 7.99. The van der Waals surface area contributed by atoms with Gasteiger partial charge in [-0.05, 0) is 37.9 Å². The standard InChI is InChI=1S/C18H21F2N3OS/c1-23(2)16(18-14(19)6-3-7-15(18)20)10-22-17(24)12-25-11-13-5-4-8-21-9-13/h3-9,16H,10-12H2,1-2H3,(H,22,24). The summed E-state index contributed by atoms with van der Waals surface area (Å²) in [7, 11) is 3.44. The molecule has 1 atom stereocenters. The number of hydrogen-bond acceptors (Lipinski definition) is 4. The molecule has 1 N–H and O–H groups in total. The fourth-order valence-electron chi connectivity index (χ4n) is 2.38. The minimum atomic E-state index is -0.612. The molecule has 0 radical (unpaired) electrons. The maximum Gasteiger partial charge on any atom is 0.230 e. The first kappa shape index (κ1) is 19.3. The van der Waals surface area contributed by atoms with Gasteiger partial charge < -0.3 is 10.2 Å². The van der Waals surface area contributed by atoms with Crippen LogP contribution in [0.3, 0.4) is 0 Å². The Bertz CT molecular complexity index is 678. The zero-order valence-corrected chi connectivity index (χ0v) is 15.0. The average Bonchev–Trinajstić information content (AvgIpc) is 2.58. The highest BCUT2D eigenvalue weighted by atomic mass is 32.2. The molecule has 4 nitrogen and oxygen atoms in total. The number of likely N-dealkylation sites (N-methyl/N-ethyl adjacent to an activating group) is 1. The third kappa shape index (κ3) is 5.79. The Morgan fingerprint density at radius 3 is 2.56 bits per heavy atom. The van der Waals surface area contributed by atoms with Gasteiger partial charge in [-0.15, -0.1) is 11.8 Å². The summed E-state index contributed by atoms with van der Waals surface area (Å²) >= 11 is 1.46. The molecule has 2 aromatic rings. The van der Waals surface area contributed by atoms with Crippen LogP contribution in [0.25, 0.3) is 0 Å². The van der Waals surface area contributed by atoms with Gasteiger partial charge in [-0.2, -0.15) is 0 Å². The molecule has 1 aromatic heterocycles. The number of nitrogens with one attached hydrogen (secondary N) is 1. The quantitative estimate of drug-likeness (QED) is 0.781. The highest BCUT2D eigenvalue weighted by Crippen LogP contribution is 2.24. The molecule has 0 aliphatic heterocycles. The number of benzene rings is 1. The number of rotatable bonds is 8. The van der Waals surface area contributed by atoms with E-state index in [9.17, 15) is 13.6 Å². The molecular formula is C18H21F2N3OS. The Balaban J connectivity index is 1.87. The summed E-state index contributed by atoms with van der Waals surface area (Å²) in [6.45, 7) is 0.136. The van der Waals surface area contributed by atoms with Crippen molar-refractivity contribution in [3.05, 3.63) is 65.5 Å². The summed E-state index contributed by atoms with van der Waals surface area (Å²) in [6, 6.07) is 6.99. The smallest absolute Gasteiger partial charge is 0.230 e. The van der Waals surface area contributed by atoms with Crippen molar-refractivity contribution in [3.63, 3.8) is 0 Å². The molecule has 25 heavy (non-hydrogen) atoms. The Morgan fingerprint density at radius 1 is 1.24 bits per heavy atom. The Hall–Kier alpha value is -1.99. The van der Waals surface area contributed by atoms with Gasteiger partial charge >= 0.3 is 0 Å². The van der Waals surface area contributed by atoms with Crippen LogP contribution in [-0.4, -0.2) is 42.2 Å². The van der Waals surface area contributed by atoms with Crippen LogP contribution in [0.15, 0.2) is 42.7 Å². The van der Waals surface area contributed by atoms with Crippen LogP contribution in [0.4, 0.5) is 8.78 Å². The zero-order chi connectivity index (χ0) is 18.2. The van der Waals surface area contributed by atoms with Gasteiger partial charge in [0.25, 0.3) is 0 Å². The molecule has 7 heteroatoms. The molecule has 1 heterocycles. The van der Waals surface area contributed by atoms with Crippen LogP contribution in [0, 0.1) is 11.6 Å². The monoisotopic (exact) mass is 365 g/mol. The van der Waals surface area contributed by atoms with E-state index >= 15 is 0 Å². The number of carbonyl (C=O) groups excluding carboxylic acids is 1. The van der Waals surface area contributed by atoms with E-state index in [1.807, 2.05) is 12.1 Å². The molecule has 0 fully saturated rings. The Labute approximate surface area is 150 Å². The van der Waals surface area contributed by atoms with Crippen molar-refractivity contribution in [2.75, 3.05) is 26.4 Å². The summed E-state index contributed by atoms with van der Waals surface area (Å²) in [5, 5.41) is 2.75. The number of halogens is 2. The lowest BCUT2D eigenvalue weighted by Gasteiger charge is -2.25. The molecule has 1 unspecified atom stereocenters. The van der Waals surface area contributed by atoms with Crippen LogP contribution in [0.2, 0.25) is 0 Å². The van der Waals surface area contributed by atoms with E-state index in [0.717, 1.165) is 5.56 Å². The van der Waals surface area contributed by atoms with Gasteiger partial charge in [0, 0.05) is 30.3 Å². The summed E-state index contributed by atoms with van der Waals surface area (Å²) in [5.74, 6) is -0.440. The number of aromatic nitrogens is 1. The van der Waals surface area contributed by atoms with Crippen molar-refractivity contribution < 1.29 is 13.6 Å². The molecule has 0 saturated heterocycles. The first-order chi connectivity index (χ1) is 12.0. The molecule has 134 valence electrons. The summed E-state index contributed by atoms with van der Waals surface area (Å²) in [6.07, 6.45) is 3.46. The van der Waals surface area contributed by atoms with Crippen LogP contribution in [0.1, 0.15) is 17.2 Å². The average molecular weight is 365 g/mol. The molecule has 0 spiro atoms. The molecule has 1 aromatic carbocycles. The van der Waals surface area contributed by atoms with Gasteiger partial charge in [-0.25, -0.2) is 8.78 Å². The van der Waals surface area contributed by atoms with Crippen LogP contribution in [-0.2, 0) is 10.5 Å². The van der Waals surface area contributed by atoms with Crippen LogP contribution in [0.5, 0.6) is 0 Å². The van der Waals surface area contributed by atoms with Crippen LogP contribution >= 0.6 is 11.8 Å². The van der Waals surface area contributed by atoms with Gasteiger partial charge in [-0.3, -0.25) is 9.78 Å². The van der Waals surface area contributed by atoms with E-state index < -0.39 is 17.7 Å². The van der Waals surface area contributed by atoms with Gasteiger partial charge in [0.05, 0.1) is 11.8 Å². The maximum atomic E-state index is 14.0. The van der Waals surface area contributed by atoms with Crippen molar-refractivity contribution in [2.24, 2.45) is 0 Å². The SMILES string of the molecule is CN(C)C(CNC(=O)CSCc1cccnc1)c1c(F)cccc1F. The van der Waals surface area contributed by atoms with E-state index in [-0.39, 0.29) is 23.8 Å². The number of hydrogen-bond donors (Lipinski definition) is 1. The van der Waals surface area contributed by atoms with Gasteiger partial charge in [0.2, 0.25) is 5.91 Å². The number of amides is 1. The van der Waals surface area contributed by atoms with Crippen molar-refractivity contribution in [1.82, 2.24) is 15.2 Å². The second-order valence-corrected chi connectivity index (χ2v) is 6.76. The lowest BCUT2D eigenvalue weighted by Crippen LogP contribution is -2.36. The van der Waals surface area contributed by atoms with E-state index in [2.05, 4.69) is 10.3 Å². The Kier molecular flexibility index (Phi) is 7.33. The number of nitrogens with zero attached hydrogens (tertiary/aromatic N) is 2. The second kappa shape index (κ2) is 9.48. The number of pyridine rings is 1. The Morgan fingerprint density at radius 2 is 1.96 bits per heavy atom. The highest BCUT2D eigenvalue weighted by Gasteiger charge is 2.22. The first-order valence-corrected chi connectivity index (χ1v) is 8.98. The lowest BCUT2D eigenvalue weighted by molar-refractivity contribution is -0.118. The third-order valence-corrected chi connectivity index (χ3v) is 4.68. The summed E-state index contributed by atoms with van der Waals surface area (Å²) in [4.78, 5) is 17.7. The molecular weight excluding hydrogens is 344 g/mol. The minimum Gasteiger partial charge on any atom is -0.353 e.